The van der Waals surface area contributed by atoms with Gasteiger partial charge in [0.05, 0.1) is 17.4 Å². The van der Waals surface area contributed by atoms with Crippen molar-refractivity contribution in [2.24, 2.45) is 0 Å². The topological polar surface area (TPSA) is 124 Å². The zero-order valence-corrected chi connectivity index (χ0v) is 19.6. The molecular formula is C23H24N6O4S. The molecule has 10 nitrogen and oxygen atoms in total. The lowest BCUT2D eigenvalue weighted by atomic mass is 10.2. The van der Waals surface area contributed by atoms with Crippen LogP contribution in [0.3, 0.4) is 0 Å². The molecule has 5 rings (SSSR count). The van der Waals surface area contributed by atoms with E-state index < -0.39 is 22.3 Å². The molecule has 4 aromatic rings. The van der Waals surface area contributed by atoms with Crippen LogP contribution in [0.1, 0.15) is 11.1 Å². The van der Waals surface area contributed by atoms with Gasteiger partial charge in [0, 0.05) is 36.8 Å². The second-order valence-corrected chi connectivity index (χ2v) is 9.85. The van der Waals surface area contributed by atoms with E-state index in [2.05, 4.69) is 20.2 Å². The lowest BCUT2D eigenvalue weighted by Gasteiger charge is -2.35. The predicted molar refractivity (Wildman–Crippen MR) is 128 cm³/mol. The molecule has 0 saturated carbocycles. The Kier molecular flexibility index (Phi) is 5.66. The third-order valence-corrected chi connectivity index (χ3v) is 7.60. The van der Waals surface area contributed by atoms with E-state index in [-0.39, 0.29) is 17.2 Å². The second kappa shape index (κ2) is 8.65. The molecule has 2 aromatic heterocycles. The number of aryl methyl sites for hydroxylation is 2. The highest BCUT2D eigenvalue weighted by molar-refractivity contribution is 7.85. The van der Waals surface area contributed by atoms with Gasteiger partial charge in [-0.25, -0.2) is 13.9 Å². The van der Waals surface area contributed by atoms with Gasteiger partial charge in [0.25, 0.3) is 5.56 Å². The van der Waals surface area contributed by atoms with Crippen molar-refractivity contribution in [1.29, 1.82) is 0 Å². The Labute approximate surface area is 197 Å². The molecule has 0 spiro atoms. The number of piperazine rings is 1. The summed E-state index contributed by atoms with van der Waals surface area (Å²) in [6.07, 6.45) is 0. The summed E-state index contributed by atoms with van der Waals surface area (Å²) in [6, 6.07) is 11.2. The number of hydrogen-bond acceptors (Lipinski definition) is 7. The summed E-state index contributed by atoms with van der Waals surface area (Å²) in [5, 5.41) is 16.8. The van der Waals surface area contributed by atoms with Crippen molar-refractivity contribution in [2.75, 3.05) is 37.6 Å². The van der Waals surface area contributed by atoms with Crippen molar-refractivity contribution in [3.63, 3.8) is 0 Å². The summed E-state index contributed by atoms with van der Waals surface area (Å²) >= 11 is 0. The van der Waals surface area contributed by atoms with E-state index in [1.54, 1.807) is 10.6 Å². The summed E-state index contributed by atoms with van der Waals surface area (Å²) < 4.78 is 14.9. The van der Waals surface area contributed by atoms with Crippen molar-refractivity contribution in [3.8, 4) is 0 Å². The number of nitrogens with zero attached hydrogens (tertiary/aromatic N) is 5. The molecule has 1 aliphatic rings. The van der Waals surface area contributed by atoms with E-state index in [1.807, 2.05) is 49.1 Å². The highest BCUT2D eigenvalue weighted by Crippen LogP contribution is 2.25. The molecular weight excluding hydrogens is 456 g/mol. The molecule has 34 heavy (non-hydrogen) atoms. The van der Waals surface area contributed by atoms with E-state index in [4.69, 9.17) is 5.11 Å². The number of fused-ring (bicyclic) bond motifs is 3. The summed E-state index contributed by atoms with van der Waals surface area (Å²) in [6.45, 7) is 6.52. The highest BCUT2D eigenvalue weighted by Gasteiger charge is 2.22. The third kappa shape index (κ3) is 3.97. The van der Waals surface area contributed by atoms with Crippen LogP contribution in [0.25, 0.3) is 16.6 Å². The molecule has 1 unspecified atom stereocenters. The lowest BCUT2D eigenvalue weighted by molar-refractivity contribution is -0.138. The normalized spacial score (nSPS) is 15.8. The van der Waals surface area contributed by atoms with Gasteiger partial charge in [-0.05, 0) is 43.7 Å². The molecule has 1 aliphatic heterocycles. The summed E-state index contributed by atoms with van der Waals surface area (Å²) in [4.78, 5) is 32.6. The number of carboxylic acids is 1. The zero-order chi connectivity index (χ0) is 24.0. The first kappa shape index (κ1) is 22.2. The smallest absolute Gasteiger partial charge is 0.317 e. The lowest BCUT2D eigenvalue weighted by Crippen LogP contribution is -2.48. The van der Waals surface area contributed by atoms with Crippen LogP contribution in [0.5, 0.6) is 0 Å². The maximum atomic E-state index is 13.3. The van der Waals surface area contributed by atoms with Crippen molar-refractivity contribution in [3.05, 3.63) is 57.9 Å². The van der Waals surface area contributed by atoms with E-state index in [0.717, 1.165) is 16.8 Å². The molecule has 176 valence electrons. The molecule has 0 amide bonds. The minimum Gasteiger partial charge on any atom is -0.480 e. The fourth-order valence-corrected chi connectivity index (χ4v) is 5.56. The van der Waals surface area contributed by atoms with Crippen LogP contribution in [0.2, 0.25) is 0 Å². The number of carboxylic acid groups (broad SMARTS) is 1. The number of H-pyrrole nitrogens is 1. The van der Waals surface area contributed by atoms with Crippen LogP contribution in [-0.4, -0.2) is 72.7 Å². The van der Waals surface area contributed by atoms with Crippen molar-refractivity contribution < 1.29 is 14.1 Å². The van der Waals surface area contributed by atoms with Gasteiger partial charge in [-0.1, -0.05) is 17.7 Å². The van der Waals surface area contributed by atoms with Crippen molar-refractivity contribution in [1.82, 2.24) is 24.7 Å². The van der Waals surface area contributed by atoms with Crippen LogP contribution in [0.15, 0.2) is 51.1 Å². The molecule has 1 fully saturated rings. The van der Waals surface area contributed by atoms with Gasteiger partial charge in [0.1, 0.15) is 10.8 Å². The standard InChI is InChI=1S/C23H24N6O4S/c1-14-3-6-19(15(2)11-14)34(33)23-21-24-22(32)17-5-4-16(12-18(17)29(21)26-25-23)28-9-7-27(8-10-28)13-20(30)31/h3-6,11-12,26H,7-10,13H2,1-2H3,(H,30,31). The predicted octanol–water partition coefficient (Wildman–Crippen LogP) is 1.56. The molecule has 1 atom stereocenters. The maximum Gasteiger partial charge on any atom is 0.317 e. The number of rotatable bonds is 5. The van der Waals surface area contributed by atoms with Crippen LogP contribution in [0, 0.1) is 13.8 Å². The Morgan fingerprint density at radius 3 is 2.59 bits per heavy atom. The second-order valence-electron chi connectivity index (χ2n) is 8.49. The Bertz CT molecular complexity index is 1500. The van der Waals surface area contributed by atoms with Gasteiger partial charge >= 0.3 is 5.97 Å². The maximum absolute atomic E-state index is 13.3. The quantitative estimate of drug-likeness (QED) is 0.441. The number of aromatic nitrogens is 4. The number of carbonyl (C=O) groups is 1. The average molecular weight is 481 g/mol. The Morgan fingerprint density at radius 2 is 1.88 bits per heavy atom. The molecule has 3 heterocycles. The molecule has 0 radical (unpaired) electrons. The first-order valence-corrected chi connectivity index (χ1v) is 12.1. The zero-order valence-electron chi connectivity index (χ0n) is 18.8. The fourth-order valence-electron chi connectivity index (χ4n) is 4.38. The number of aromatic amines is 1. The molecule has 0 bridgehead atoms. The Morgan fingerprint density at radius 1 is 1.12 bits per heavy atom. The monoisotopic (exact) mass is 480 g/mol. The number of anilines is 1. The van der Waals surface area contributed by atoms with Crippen LogP contribution in [0.4, 0.5) is 5.69 Å². The number of aliphatic carboxylic acids is 1. The highest BCUT2D eigenvalue weighted by atomic mass is 32.2. The van der Waals surface area contributed by atoms with Gasteiger partial charge < -0.3 is 10.0 Å². The van der Waals surface area contributed by atoms with Crippen LogP contribution >= 0.6 is 0 Å². The Hall–Kier alpha value is -3.57. The first-order chi connectivity index (χ1) is 16.3. The minimum atomic E-state index is -1.61. The molecule has 1 saturated heterocycles. The SMILES string of the molecule is Cc1ccc(S(=O)c2n[nH]n3c2nc(=O)c2ccc(N4CCN(CC(=O)O)CC4)cc23)c(C)c1. The molecule has 2 aromatic carbocycles. The third-order valence-electron chi connectivity index (χ3n) is 6.12. The van der Waals surface area contributed by atoms with E-state index in [0.29, 0.717) is 42.0 Å². The first-order valence-electron chi connectivity index (χ1n) is 10.9. The number of nitrogens with one attached hydrogen (secondary N) is 1. The molecule has 2 N–H and O–H groups in total. The van der Waals surface area contributed by atoms with Crippen molar-refractivity contribution in [2.45, 2.75) is 23.8 Å². The van der Waals surface area contributed by atoms with Crippen LogP contribution in [-0.2, 0) is 15.6 Å². The Balaban J connectivity index is 1.53. The van der Waals surface area contributed by atoms with E-state index in [1.165, 1.54) is 0 Å². The summed E-state index contributed by atoms with van der Waals surface area (Å²) in [5.74, 6) is -0.832. The van der Waals surface area contributed by atoms with E-state index >= 15 is 0 Å². The van der Waals surface area contributed by atoms with E-state index in [9.17, 15) is 13.8 Å². The largest absolute Gasteiger partial charge is 0.480 e. The number of benzene rings is 2. The molecule has 0 aliphatic carbocycles. The van der Waals surface area contributed by atoms with Gasteiger partial charge in [0.2, 0.25) is 0 Å². The number of hydrogen-bond donors (Lipinski definition) is 2. The van der Waals surface area contributed by atoms with Gasteiger partial charge in [0.15, 0.2) is 10.7 Å². The van der Waals surface area contributed by atoms with Crippen molar-refractivity contribution >= 4 is 39.0 Å². The van der Waals surface area contributed by atoms with Crippen LogP contribution < -0.4 is 10.5 Å². The van der Waals surface area contributed by atoms with Gasteiger partial charge in [-0.2, -0.15) is 4.98 Å². The summed E-state index contributed by atoms with van der Waals surface area (Å²) in [5.41, 5.74) is 3.28. The average Bonchev–Trinajstić information content (AvgIpc) is 3.22. The van der Waals surface area contributed by atoms with Gasteiger partial charge in [-0.3, -0.25) is 14.5 Å². The van der Waals surface area contributed by atoms with Gasteiger partial charge in [-0.15, -0.1) is 5.10 Å². The summed E-state index contributed by atoms with van der Waals surface area (Å²) in [7, 11) is -1.61. The molecule has 11 heteroatoms. The fraction of sp³-hybridized carbons (Fsp3) is 0.304. The minimum absolute atomic E-state index is 0.0295.